The summed E-state index contributed by atoms with van der Waals surface area (Å²) in [7, 11) is 5.53. The summed E-state index contributed by atoms with van der Waals surface area (Å²) in [6, 6.07) is 6.71. The Morgan fingerprint density at radius 1 is 1.05 bits per heavy atom. The molecule has 1 N–H and O–H groups in total. The number of carbonyl (C=O) groups excluding carboxylic acids is 5. The number of nitrogens with zero attached hydrogens (tertiary/aromatic N) is 9. The van der Waals surface area contributed by atoms with Crippen molar-refractivity contribution in [2.45, 2.75) is 103 Å². The minimum atomic E-state index is -1.15. The third-order valence-electron chi connectivity index (χ3n) is 17.4. The van der Waals surface area contributed by atoms with Crippen molar-refractivity contribution in [2.75, 3.05) is 98.3 Å². The Morgan fingerprint density at radius 2 is 1.79 bits per heavy atom. The third-order valence-corrected chi connectivity index (χ3v) is 18.9. The summed E-state index contributed by atoms with van der Waals surface area (Å²) in [4.78, 5) is 91.4. The Labute approximate surface area is 460 Å². The molecular weight excluding hydrogens is 1020 g/mol. The van der Waals surface area contributed by atoms with Gasteiger partial charge in [0, 0.05) is 136 Å². The number of hydrogen-bond donors (Lipinski definition) is 2. The number of hydrogen-bond acceptors (Lipinski definition) is 14. The number of Topliss-reactive ketones (excluding diaryl/α,β-unsaturated/α-hetero) is 1. The number of urea groups is 1. The second kappa shape index (κ2) is 22.0. The summed E-state index contributed by atoms with van der Waals surface area (Å²) in [5, 5.41) is 4.00. The molecule has 0 saturated carbocycles. The number of carbonyl (C=O) groups is 5. The van der Waals surface area contributed by atoms with Crippen LogP contribution in [-0.2, 0) is 41.6 Å². The van der Waals surface area contributed by atoms with E-state index in [9.17, 15) is 18.8 Å². The number of ketones is 1. The highest BCUT2D eigenvalue weighted by atomic mass is 32.1. The highest BCUT2D eigenvalue weighted by Crippen LogP contribution is 2.57. The number of likely N-dealkylation sites (N-methyl/N-ethyl adjacent to an activating group) is 2. The number of piperidine rings is 1. The number of esters is 1. The van der Waals surface area contributed by atoms with Crippen LogP contribution in [0.5, 0.6) is 0 Å². The molecule has 4 aromatic rings. The number of cyclic esters (lactones) is 1. The first-order valence-electron chi connectivity index (χ1n) is 27.4. The summed E-state index contributed by atoms with van der Waals surface area (Å²) < 4.78 is 27.9. The fourth-order valence-corrected chi connectivity index (χ4v) is 14.4. The molecule has 77 heavy (non-hydrogen) atoms. The van der Waals surface area contributed by atoms with Gasteiger partial charge in [-0.3, -0.25) is 29.2 Å². The van der Waals surface area contributed by atoms with Gasteiger partial charge in [-0.25, -0.2) is 19.6 Å². The van der Waals surface area contributed by atoms with Crippen LogP contribution in [0, 0.1) is 22.7 Å². The second-order valence-corrected chi connectivity index (χ2v) is 24.8. The molecule has 1 unspecified atom stereocenters. The van der Waals surface area contributed by atoms with Crippen molar-refractivity contribution in [1.82, 2.24) is 44.6 Å². The molecule has 10 rings (SSSR count). The number of alkyl halides is 1. The first-order chi connectivity index (χ1) is 36.9. The molecule has 0 radical (unpaired) electrons. The van der Waals surface area contributed by atoms with E-state index in [1.54, 1.807) is 24.0 Å². The molecule has 4 saturated heterocycles. The number of thiol groups is 1. The second-order valence-electron chi connectivity index (χ2n) is 23.3. The fourth-order valence-electron chi connectivity index (χ4n) is 13.1. The van der Waals surface area contributed by atoms with Gasteiger partial charge in [-0.05, 0) is 75.4 Å². The fraction of sp³-hybridized carbons (Fsp3) is 0.596. The number of piperazine rings is 1. The van der Waals surface area contributed by atoms with Gasteiger partial charge in [0.1, 0.15) is 18.8 Å². The number of halogens is 1. The Balaban J connectivity index is 0.977. The first-order valence-corrected chi connectivity index (χ1v) is 28.8. The standard InChI is InChI=1S/C57H75FN10O7S2/c1-9-67-42-15-14-35-26-37(42)45-46(51(74-8)47-38(49(45)67)27-36(29-59-47)64-24-22-62(6)23-25-64)56(4,5)33-75-54(72)40-12-11-19-68(61-40)53(71)39(28-43-60-41(35)30-77-43)52(76)50(70)48(34(2)3)63(7)55(73)65-20-16-57(17-21-65)31-66(32-57)44(69)13-10-18-58/h10,13-15,26-27,29-30,34,39-40,46,48,51-52,61,76H,9,11-12,16-25,28,31-33H2,1-8H3/b13-10+/t39-,40+,46?,48+,51+,52+/m1/s1. The van der Waals surface area contributed by atoms with Crippen molar-refractivity contribution in [3.05, 3.63) is 64.3 Å². The molecule has 8 heterocycles. The lowest BCUT2D eigenvalue weighted by molar-refractivity contribution is -0.157. The van der Waals surface area contributed by atoms with Crippen LogP contribution in [0.15, 0.2) is 48.0 Å². The zero-order chi connectivity index (χ0) is 54.7. The monoisotopic (exact) mass is 1090 g/mol. The van der Waals surface area contributed by atoms with Crippen LogP contribution in [-0.4, -0.2) is 179 Å². The summed E-state index contributed by atoms with van der Waals surface area (Å²) in [6.07, 6.45) is 6.43. The highest BCUT2D eigenvalue weighted by Gasteiger charge is 2.50. The SMILES string of the molecule is CCn1c2c3c4cc(ccc41)-c1csc(n1)C[C@H]([C@H](S)C(=O)[C@H](C(C)C)N(C)C(=O)N1CCC4(CC1)CN(C(=O)/C=C/CF)C4)C(=O)N1CCC[C@H](N1)C(=O)OCC(C)(C)C3[C@H](OC)c1ncc(N3CCN(C)CC3)cc1-2. The molecule has 414 valence electrons. The van der Waals surface area contributed by atoms with Crippen molar-refractivity contribution in [1.29, 1.82) is 0 Å². The molecule has 1 aromatic carbocycles. The van der Waals surface area contributed by atoms with Gasteiger partial charge in [0.2, 0.25) is 11.8 Å². The van der Waals surface area contributed by atoms with Crippen LogP contribution in [0.4, 0.5) is 14.9 Å². The minimum absolute atomic E-state index is 0.0571. The van der Waals surface area contributed by atoms with Gasteiger partial charge in [-0.15, -0.1) is 11.3 Å². The van der Waals surface area contributed by atoms with E-state index in [-0.39, 0.29) is 48.0 Å². The van der Waals surface area contributed by atoms with Crippen molar-refractivity contribution in [3.63, 3.8) is 0 Å². The largest absolute Gasteiger partial charge is 0.464 e. The van der Waals surface area contributed by atoms with E-state index in [2.05, 4.69) is 71.9 Å². The maximum absolute atomic E-state index is 15.1. The van der Waals surface area contributed by atoms with E-state index in [4.69, 9.17) is 32.1 Å². The van der Waals surface area contributed by atoms with Crippen molar-refractivity contribution in [3.8, 4) is 22.5 Å². The molecule has 5 aliphatic heterocycles. The summed E-state index contributed by atoms with van der Waals surface area (Å²) in [5.41, 5.74) is 10.2. The van der Waals surface area contributed by atoms with Crippen LogP contribution in [0.2, 0.25) is 0 Å². The van der Waals surface area contributed by atoms with Gasteiger partial charge in [0.25, 0.3) is 0 Å². The first kappa shape index (κ1) is 54.9. The third kappa shape index (κ3) is 10.3. The number of fused-ring (bicyclic) bond motifs is 8. The van der Waals surface area contributed by atoms with E-state index in [0.717, 1.165) is 76.5 Å². The molecule has 4 fully saturated rings. The number of methoxy groups -OCH3 is 1. The smallest absolute Gasteiger partial charge is 0.324 e. The molecule has 17 nitrogen and oxygen atoms in total. The Bertz CT molecular complexity index is 2940. The number of aromatic nitrogens is 3. The van der Waals surface area contributed by atoms with Gasteiger partial charge < -0.3 is 38.5 Å². The van der Waals surface area contributed by atoms with E-state index in [0.29, 0.717) is 70.0 Å². The molecular formula is C57H75FN10O7S2. The maximum atomic E-state index is 15.1. The van der Waals surface area contributed by atoms with Crippen molar-refractivity contribution < 1.29 is 37.8 Å². The maximum Gasteiger partial charge on any atom is 0.324 e. The van der Waals surface area contributed by atoms with Crippen molar-refractivity contribution in [2.24, 2.45) is 22.7 Å². The lowest BCUT2D eigenvalue weighted by atomic mass is 9.67. The number of ether oxygens (including phenoxy) is 2. The summed E-state index contributed by atoms with van der Waals surface area (Å²) >= 11 is 6.44. The number of rotatable bonds is 10. The highest BCUT2D eigenvalue weighted by molar-refractivity contribution is 7.81. The van der Waals surface area contributed by atoms with Crippen LogP contribution in [0.25, 0.3) is 33.4 Å². The number of benzene rings is 1. The molecule has 4 amide bonds. The predicted molar refractivity (Wildman–Crippen MR) is 298 cm³/mol. The van der Waals surface area contributed by atoms with E-state index in [1.807, 2.05) is 25.4 Å². The lowest BCUT2D eigenvalue weighted by Gasteiger charge is -2.54. The number of amides is 4. The van der Waals surface area contributed by atoms with Gasteiger partial charge in [0.05, 0.1) is 57.8 Å². The number of likely N-dealkylation sites (tertiary alicyclic amines) is 2. The van der Waals surface area contributed by atoms with Crippen molar-refractivity contribution >= 4 is 70.2 Å². The van der Waals surface area contributed by atoms with E-state index < -0.39 is 53.3 Å². The lowest BCUT2D eigenvalue weighted by Crippen LogP contribution is -2.63. The number of aryl methyl sites for hydroxylation is 1. The Kier molecular flexibility index (Phi) is 15.7. The number of nitrogens with one attached hydrogen (secondary N) is 1. The van der Waals surface area contributed by atoms with E-state index in [1.165, 1.54) is 33.4 Å². The van der Waals surface area contributed by atoms with E-state index >= 15 is 9.59 Å². The number of allylic oxidation sites excluding steroid dienone is 1. The number of pyridine rings is 1. The molecule has 20 heteroatoms. The van der Waals surface area contributed by atoms with Gasteiger partial charge in [0.15, 0.2) is 5.78 Å². The van der Waals surface area contributed by atoms with Gasteiger partial charge in [-0.2, -0.15) is 12.6 Å². The van der Waals surface area contributed by atoms with Crippen LogP contribution in [0.1, 0.15) is 88.6 Å². The Morgan fingerprint density at radius 3 is 2.48 bits per heavy atom. The molecule has 1 aliphatic carbocycles. The molecule has 3 aromatic heterocycles. The van der Waals surface area contributed by atoms with Crippen LogP contribution in [0.3, 0.4) is 0 Å². The quantitative estimate of drug-likeness (QED) is 0.0950. The minimum Gasteiger partial charge on any atom is -0.464 e. The zero-order valence-corrected chi connectivity index (χ0v) is 47.5. The van der Waals surface area contributed by atoms with Crippen LogP contribution >= 0.6 is 24.0 Å². The number of thiazole rings is 1. The Hall–Kier alpha value is -5.41. The normalized spacial score (nSPS) is 24.4. The summed E-state index contributed by atoms with van der Waals surface area (Å²) in [6.45, 7) is 16.3. The van der Waals surface area contributed by atoms with Crippen LogP contribution < -0.4 is 10.3 Å². The topological polar surface area (TPSA) is 166 Å². The van der Waals surface area contributed by atoms with Gasteiger partial charge >= 0.3 is 12.0 Å². The predicted octanol–water partition coefficient (Wildman–Crippen LogP) is 7.01. The molecule has 1 spiro atoms. The molecule has 6 aliphatic rings. The summed E-state index contributed by atoms with van der Waals surface area (Å²) in [5.74, 6) is -3.08. The average molecular weight is 1100 g/mol. The zero-order valence-electron chi connectivity index (χ0n) is 45.8. The number of anilines is 1. The molecule has 6 atom stereocenters. The number of hydrazine groups is 1. The average Bonchev–Trinajstić information content (AvgIpc) is 4.06. The van der Waals surface area contributed by atoms with Gasteiger partial charge in [-0.1, -0.05) is 33.8 Å². The molecule has 6 bridgehead atoms.